The van der Waals surface area contributed by atoms with Crippen molar-refractivity contribution in [2.45, 2.75) is 13.0 Å². The number of amides is 1. The van der Waals surface area contributed by atoms with Gasteiger partial charge in [-0.3, -0.25) is 9.59 Å². The van der Waals surface area contributed by atoms with E-state index in [-0.39, 0.29) is 11.5 Å². The molecule has 2 aromatic heterocycles. The lowest BCUT2D eigenvalue weighted by Crippen LogP contribution is -2.37. The zero-order valence-electron chi connectivity index (χ0n) is 13.0. The molecule has 0 aliphatic carbocycles. The van der Waals surface area contributed by atoms with Crippen LogP contribution in [0.2, 0.25) is 0 Å². The highest BCUT2D eigenvalue weighted by molar-refractivity contribution is 9.10. The van der Waals surface area contributed by atoms with Gasteiger partial charge < -0.3 is 9.88 Å². The van der Waals surface area contributed by atoms with Crippen LogP contribution < -0.4 is 5.56 Å². The first kappa shape index (κ1) is 15.1. The summed E-state index contributed by atoms with van der Waals surface area (Å²) in [6.07, 6.45) is 0.772. The number of para-hydroxylation sites is 1. The van der Waals surface area contributed by atoms with Gasteiger partial charge in [-0.25, -0.2) is 4.68 Å². The van der Waals surface area contributed by atoms with Crippen molar-refractivity contribution in [1.82, 2.24) is 19.7 Å². The minimum atomic E-state index is -0.228. The molecule has 7 heteroatoms. The van der Waals surface area contributed by atoms with Crippen LogP contribution in [0.25, 0.3) is 10.9 Å². The fourth-order valence-electron chi connectivity index (χ4n) is 3.15. The van der Waals surface area contributed by atoms with Gasteiger partial charge in [-0.2, -0.15) is 5.10 Å². The van der Waals surface area contributed by atoms with E-state index in [9.17, 15) is 9.59 Å². The molecule has 1 N–H and O–H groups in total. The van der Waals surface area contributed by atoms with Crippen LogP contribution in [0.5, 0.6) is 0 Å². The second-order valence-corrected chi connectivity index (χ2v) is 6.76. The molecule has 6 nitrogen and oxygen atoms in total. The standard InChI is InChI=1S/C17H15BrN4O2/c1-21-15(23)6-5-14(20-21)17(24)22-8-7-13-11(9-22)10-3-2-4-12(18)16(10)19-13/h2-6,19H,7-9H2,1H3. The van der Waals surface area contributed by atoms with E-state index in [1.807, 2.05) is 12.1 Å². The van der Waals surface area contributed by atoms with Crippen LogP contribution in [-0.4, -0.2) is 32.1 Å². The number of fused-ring (bicyclic) bond motifs is 3. The number of hydrogen-bond donors (Lipinski definition) is 1. The van der Waals surface area contributed by atoms with E-state index in [4.69, 9.17) is 0 Å². The van der Waals surface area contributed by atoms with Crippen molar-refractivity contribution in [3.63, 3.8) is 0 Å². The Hall–Kier alpha value is -2.41. The lowest BCUT2D eigenvalue weighted by Gasteiger charge is -2.27. The topological polar surface area (TPSA) is 71.0 Å². The zero-order valence-corrected chi connectivity index (χ0v) is 14.6. The molecule has 0 bridgehead atoms. The molecule has 1 aliphatic heterocycles. The smallest absolute Gasteiger partial charge is 0.274 e. The van der Waals surface area contributed by atoms with E-state index in [0.717, 1.165) is 27.4 Å². The normalized spacial score (nSPS) is 14.0. The third kappa shape index (κ3) is 2.36. The second kappa shape index (κ2) is 5.59. The quantitative estimate of drug-likeness (QED) is 0.696. The summed E-state index contributed by atoms with van der Waals surface area (Å²) in [5.74, 6) is -0.152. The van der Waals surface area contributed by atoms with Crippen molar-refractivity contribution in [2.24, 2.45) is 7.05 Å². The Morgan fingerprint density at radius 1 is 1.29 bits per heavy atom. The number of nitrogens with zero attached hydrogens (tertiary/aromatic N) is 3. The molecule has 1 amide bonds. The van der Waals surface area contributed by atoms with Gasteiger partial charge in [0.15, 0.2) is 0 Å². The molecule has 3 heterocycles. The Balaban J connectivity index is 1.69. The van der Waals surface area contributed by atoms with Crippen molar-refractivity contribution in [3.05, 3.63) is 62.1 Å². The summed E-state index contributed by atoms with van der Waals surface area (Å²) in [5, 5.41) is 5.20. The predicted octanol–water partition coefficient (Wildman–Crippen LogP) is 2.22. The number of nitrogens with one attached hydrogen (secondary N) is 1. The maximum atomic E-state index is 12.7. The summed E-state index contributed by atoms with van der Waals surface area (Å²) in [5.41, 5.74) is 3.46. The van der Waals surface area contributed by atoms with Gasteiger partial charge >= 0.3 is 0 Å². The lowest BCUT2D eigenvalue weighted by molar-refractivity contribution is 0.0726. The third-order valence-electron chi connectivity index (χ3n) is 4.43. The molecule has 0 radical (unpaired) electrons. The van der Waals surface area contributed by atoms with Crippen molar-refractivity contribution in [3.8, 4) is 0 Å². The molecule has 3 aromatic rings. The number of aromatic nitrogens is 3. The number of benzene rings is 1. The lowest BCUT2D eigenvalue weighted by atomic mass is 10.0. The molecule has 0 atom stereocenters. The Bertz CT molecular complexity index is 1020. The second-order valence-electron chi connectivity index (χ2n) is 5.90. The van der Waals surface area contributed by atoms with Gasteiger partial charge in [-0.05, 0) is 28.1 Å². The number of aryl methyl sites for hydroxylation is 1. The number of aromatic amines is 1. The molecule has 24 heavy (non-hydrogen) atoms. The Morgan fingerprint density at radius 3 is 2.92 bits per heavy atom. The van der Waals surface area contributed by atoms with Crippen molar-refractivity contribution >= 4 is 32.7 Å². The van der Waals surface area contributed by atoms with Gasteiger partial charge in [-0.1, -0.05) is 12.1 Å². The van der Waals surface area contributed by atoms with Gasteiger partial charge in [-0.15, -0.1) is 0 Å². The number of halogens is 1. The fraction of sp³-hybridized carbons (Fsp3) is 0.235. The molecule has 0 unspecified atom stereocenters. The van der Waals surface area contributed by atoms with Gasteiger partial charge in [0.1, 0.15) is 5.69 Å². The van der Waals surface area contributed by atoms with Crippen LogP contribution in [0.1, 0.15) is 21.7 Å². The molecule has 1 aromatic carbocycles. The zero-order chi connectivity index (χ0) is 16.8. The van der Waals surface area contributed by atoms with Gasteiger partial charge in [0.25, 0.3) is 11.5 Å². The SMILES string of the molecule is Cn1nc(C(=O)N2CCc3[nH]c4c(Br)cccc4c3C2)ccc1=O. The molecule has 0 saturated heterocycles. The van der Waals surface area contributed by atoms with E-state index >= 15 is 0 Å². The van der Waals surface area contributed by atoms with E-state index in [0.29, 0.717) is 18.8 Å². The highest BCUT2D eigenvalue weighted by Gasteiger charge is 2.26. The minimum Gasteiger partial charge on any atom is -0.357 e. The minimum absolute atomic E-state index is 0.152. The maximum Gasteiger partial charge on any atom is 0.274 e. The summed E-state index contributed by atoms with van der Waals surface area (Å²) in [4.78, 5) is 29.4. The summed E-state index contributed by atoms with van der Waals surface area (Å²) in [6, 6.07) is 8.93. The van der Waals surface area contributed by atoms with Crippen molar-refractivity contribution < 1.29 is 4.79 Å². The predicted molar refractivity (Wildman–Crippen MR) is 93.9 cm³/mol. The third-order valence-corrected chi connectivity index (χ3v) is 5.09. The highest BCUT2D eigenvalue weighted by atomic mass is 79.9. The first-order chi connectivity index (χ1) is 11.5. The Labute approximate surface area is 146 Å². The highest BCUT2D eigenvalue weighted by Crippen LogP contribution is 2.32. The summed E-state index contributed by atoms with van der Waals surface area (Å²) < 4.78 is 2.21. The first-order valence-electron chi connectivity index (χ1n) is 7.66. The maximum absolute atomic E-state index is 12.7. The van der Waals surface area contributed by atoms with E-state index in [2.05, 4.69) is 32.1 Å². The number of carbonyl (C=O) groups is 1. The first-order valence-corrected chi connectivity index (χ1v) is 8.45. The number of carbonyl (C=O) groups excluding carboxylic acids is 1. The summed E-state index contributed by atoms with van der Waals surface area (Å²) in [6.45, 7) is 1.16. The molecule has 1 aliphatic rings. The van der Waals surface area contributed by atoms with Crippen LogP contribution in [0.4, 0.5) is 0 Å². The molecule has 122 valence electrons. The molecular formula is C17H15BrN4O2. The number of rotatable bonds is 1. The average Bonchev–Trinajstić information content (AvgIpc) is 2.96. The largest absolute Gasteiger partial charge is 0.357 e. The van der Waals surface area contributed by atoms with E-state index in [1.54, 1.807) is 11.9 Å². The van der Waals surface area contributed by atoms with Gasteiger partial charge in [0.2, 0.25) is 0 Å². The molecule has 0 saturated carbocycles. The molecule has 4 rings (SSSR count). The van der Waals surface area contributed by atoms with Gasteiger partial charge in [0, 0.05) is 53.7 Å². The average molecular weight is 387 g/mol. The van der Waals surface area contributed by atoms with E-state index in [1.165, 1.54) is 22.5 Å². The number of hydrogen-bond acceptors (Lipinski definition) is 3. The van der Waals surface area contributed by atoms with Crippen LogP contribution >= 0.6 is 15.9 Å². The van der Waals surface area contributed by atoms with Crippen LogP contribution in [0, 0.1) is 0 Å². The summed E-state index contributed by atoms with van der Waals surface area (Å²) in [7, 11) is 1.55. The Kier molecular flexibility index (Phi) is 3.53. The van der Waals surface area contributed by atoms with Crippen molar-refractivity contribution in [2.75, 3.05) is 6.54 Å². The fourth-order valence-corrected chi connectivity index (χ4v) is 3.62. The van der Waals surface area contributed by atoms with Crippen LogP contribution in [0.15, 0.2) is 39.6 Å². The molecule has 0 fully saturated rings. The van der Waals surface area contributed by atoms with E-state index < -0.39 is 0 Å². The van der Waals surface area contributed by atoms with Crippen molar-refractivity contribution in [1.29, 1.82) is 0 Å². The summed E-state index contributed by atoms with van der Waals surface area (Å²) >= 11 is 3.56. The Morgan fingerprint density at radius 2 is 2.12 bits per heavy atom. The molecule has 0 spiro atoms. The van der Waals surface area contributed by atoms with Crippen LogP contribution in [0.3, 0.4) is 0 Å². The monoisotopic (exact) mass is 386 g/mol. The number of H-pyrrole nitrogens is 1. The van der Waals surface area contributed by atoms with Crippen LogP contribution in [-0.2, 0) is 20.0 Å². The van der Waals surface area contributed by atoms with Gasteiger partial charge in [0.05, 0.1) is 5.52 Å². The molecular weight excluding hydrogens is 372 g/mol.